The Balaban J connectivity index is 0.00000128. The van der Waals surface area contributed by atoms with Crippen LogP contribution in [0.5, 0.6) is 0 Å². The molecule has 2 rings (SSSR count). The molecule has 3 heteroatoms. The number of hydrogen-bond acceptors (Lipinski definition) is 2. The maximum Gasteiger partial charge on any atom is 1.00 e. The summed E-state index contributed by atoms with van der Waals surface area (Å²) in [4.78, 5) is 0. The molecule has 0 atom stereocenters. The summed E-state index contributed by atoms with van der Waals surface area (Å²) in [7, 11) is 0. The smallest absolute Gasteiger partial charge is 1.00 e. The van der Waals surface area contributed by atoms with E-state index in [1.54, 1.807) is 0 Å². The first-order valence-corrected chi connectivity index (χ1v) is 5.03. The molecule has 2 N–H and O–H groups in total. The largest absolute Gasteiger partial charge is 1.00 e. The summed E-state index contributed by atoms with van der Waals surface area (Å²) in [5, 5.41) is 6.56. The molecule has 0 unspecified atom stereocenters. The van der Waals surface area contributed by atoms with Crippen LogP contribution in [0.3, 0.4) is 0 Å². The Bertz CT molecular complexity index is 355. The van der Waals surface area contributed by atoms with Gasteiger partial charge in [-0.2, -0.15) is 0 Å². The van der Waals surface area contributed by atoms with E-state index in [0.29, 0.717) is 0 Å². The van der Waals surface area contributed by atoms with E-state index in [0.717, 1.165) is 18.0 Å². The van der Waals surface area contributed by atoms with Crippen molar-refractivity contribution in [3.05, 3.63) is 60.7 Å². The van der Waals surface area contributed by atoms with E-state index in [1.165, 1.54) is 0 Å². The van der Waals surface area contributed by atoms with Crippen LogP contribution in [0.4, 0.5) is 11.4 Å². The standard InChI is InChI=1S/C13H14N2.Na.H/c1-3-7-12(8-4-1)14-11-15-13-9-5-2-6-10-13;;/h1-10,14-15H,11H2;;/q;+1;-1. The van der Waals surface area contributed by atoms with Crippen molar-refractivity contribution < 1.29 is 31.0 Å². The van der Waals surface area contributed by atoms with Crippen molar-refractivity contribution in [1.29, 1.82) is 0 Å². The maximum atomic E-state index is 3.28. The van der Waals surface area contributed by atoms with Crippen LogP contribution < -0.4 is 40.2 Å². The molecule has 2 nitrogen and oxygen atoms in total. The molecule has 0 aromatic heterocycles. The van der Waals surface area contributed by atoms with Crippen LogP contribution in [-0.4, -0.2) is 6.67 Å². The van der Waals surface area contributed by atoms with E-state index < -0.39 is 0 Å². The van der Waals surface area contributed by atoms with Crippen LogP contribution in [-0.2, 0) is 0 Å². The van der Waals surface area contributed by atoms with E-state index in [2.05, 4.69) is 10.6 Å². The van der Waals surface area contributed by atoms with Crippen LogP contribution in [0.2, 0.25) is 0 Å². The first-order chi connectivity index (χ1) is 7.45. The number of rotatable bonds is 4. The minimum Gasteiger partial charge on any atom is -1.00 e. The number of benzene rings is 2. The van der Waals surface area contributed by atoms with Crippen molar-refractivity contribution in [3.8, 4) is 0 Å². The molecular weight excluding hydrogens is 207 g/mol. The predicted octanol–water partition coefficient (Wildman–Crippen LogP) is 0.285. The van der Waals surface area contributed by atoms with Crippen molar-refractivity contribution in [2.45, 2.75) is 0 Å². The minimum absolute atomic E-state index is 0. The molecule has 78 valence electrons. The fraction of sp³-hybridized carbons (Fsp3) is 0.0769. The molecule has 2 aromatic carbocycles. The van der Waals surface area contributed by atoms with E-state index in [4.69, 9.17) is 0 Å². The van der Waals surface area contributed by atoms with Gasteiger partial charge in [-0.1, -0.05) is 36.4 Å². The third-order valence-corrected chi connectivity index (χ3v) is 2.13. The summed E-state index contributed by atoms with van der Waals surface area (Å²) < 4.78 is 0. The minimum atomic E-state index is 0. The third-order valence-electron chi connectivity index (χ3n) is 2.13. The Morgan fingerprint density at radius 2 is 1.06 bits per heavy atom. The Kier molecular flexibility index (Phi) is 6.01. The summed E-state index contributed by atoms with van der Waals surface area (Å²) in [6.07, 6.45) is 0. The van der Waals surface area contributed by atoms with E-state index in [9.17, 15) is 0 Å². The number of para-hydroxylation sites is 2. The summed E-state index contributed by atoms with van der Waals surface area (Å²) >= 11 is 0. The molecular formula is C13H15N2Na. The zero-order valence-corrected chi connectivity index (χ0v) is 11.5. The van der Waals surface area contributed by atoms with Crippen molar-refractivity contribution in [2.24, 2.45) is 0 Å². The first-order valence-electron chi connectivity index (χ1n) is 5.03. The Labute approximate surface area is 120 Å². The van der Waals surface area contributed by atoms with Crippen molar-refractivity contribution >= 4 is 11.4 Å². The molecule has 0 aliphatic rings. The molecule has 0 amide bonds. The average molecular weight is 222 g/mol. The van der Waals surface area contributed by atoms with Crippen molar-refractivity contribution in [2.75, 3.05) is 17.3 Å². The van der Waals surface area contributed by atoms with Gasteiger partial charge in [0.2, 0.25) is 0 Å². The molecule has 16 heavy (non-hydrogen) atoms. The normalized spacial score (nSPS) is 9.00. The molecule has 0 radical (unpaired) electrons. The van der Waals surface area contributed by atoms with Gasteiger partial charge in [-0.15, -0.1) is 0 Å². The molecule has 2 aromatic rings. The second-order valence-corrected chi connectivity index (χ2v) is 3.26. The fourth-order valence-corrected chi connectivity index (χ4v) is 1.36. The molecule has 0 heterocycles. The quantitative estimate of drug-likeness (QED) is 0.574. The molecule has 0 aliphatic heterocycles. The molecule has 0 saturated carbocycles. The van der Waals surface area contributed by atoms with Crippen LogP contribution in [0.15, 0.2) is 60.7 Å². The summed E-state index contributed by atoms with van der Waals surface area (Å²) in [6.45, 7) is 0.730. The number of nitrogens with one attached hydrogen (secondary N) is 2. The number of hydrogen-bond donors (Lipinski definition) is 2. The second-order valence-electron chi connectivity index (χ2n) is 3.26. The Morgan fingerprint density at radius 1 is 0.688 bits per heavy atom. The molecule has 0 bridgehead atoms. The average Bonchev–Trinajstić information content (AvgIpc) is 2.32. The van der Waals surface area contributed by atoms with E-state index in [-0.39, 0.29) is 31.0 Å². The zero-order valence-electron chi connectivity index (χ0n) is 10.5. The predicted molar refractivity (Wildman–Crippen MR) is 66.1 cm³/mol. The van der Waals surface area contributed by atoms with Gasteiger partial charge in [-0.25, -0.2) is 0 Å². The van der Waals surface area contributed by atoms with E-state index in [1.807, 2.05) is 60.7 Å². The van der Waals surface area contributed by atoms with Gasteiger partial charge in [0.25, 0.3) is 0 Å². The summed E-state index contributed by atoms with van der Waals surface area (Å²) in [5.41, 5.74) is 2.25. The maximum absolute atomic E-state index is 3.28. The SMILES string of the molecule is [H-].[Na+].c1ccc(NCNc2ccccc2)cc1. The monoisotopic (exact) mass is 222 g/mol. The van der Waals surface area contributed by atoms with Gasteiger partial charge in [-0.3, -0.25) is 0 Å². The van der Waals surface area contributed by atoms with Gasteiger partial charge < -0.3 is 12.1 Å². The third kappa shape index (κ3) is 4.27. The first kappa shape index (κ1) is 13.1. The van der Waals surface area contributed by atoms with Gasteiger partial charge in [0.05, 0.1) is 6.67 Å². The van der Waals surface area contributed by atoms with Gasteiger partial charge in [-0.05, 0) is 24.3 Å². The Morgan fingerprint density at radius 3 is 1.44 bits per heavy atom. The van der Waals surface area contributed by atoms with Gasteiger partial charge in [0.15, 0.2) is 0 Å². The van der Waals surface area contributed by atoms with Crippen LogP contribution in [0, 0.1) is 0 Å². The van der Waals surface area contributed by atoms with Gasteiger partial charge >= 0.3 is 29.6 Å². The molecule has 0 spiro atoms. The molecule has 0 fully saturated rings. The Hall–Kier alpha value is -0.960. The molecule has 0 saturated heterocycles. The fourth-order valence-electron chi connectivity index (χ4n) is 1.36. The zero-order chi connectivity index (χ0) is 10.3. The van der Waals surface area contributed by atoms with E-state index >= 15 is 0 Å². The van der Waals surface area contributed by atoms with Crippen LogP contribution in [0.1, 0.15) is 1.43 Å². The number of anilines is 2. The van der Waals surface area contributed by atoms with Crippen molar-refractivity contribution in [1.82, 2.24) is 0 Å². The summed E-state index contributed by atoms with van der Waals surface area (Å²) in [6, 6.07) is 20.3. The van der Waals surface area contributed by atoms with Crippen molar-refractivity contribution in [3.63, 3.8) is 0 Å². The van der Waals surface area contributed by atoms with Crippen LogP contribution in [0.25, 0.3) is 0 Å². The second kappa shape index (κ2) is 7.34. The van der Waals surface area contributed by atoms with Gasteiger partial charge in [0.1, 0.15) is 0 Å². The topological polar surface area (TPSA) is 24.1 Å². The summed E-state index contributed by atoms with van der Waals surface area (Å²) in [5.74, 6) is 0. The van der Waals surface area contributed by atoms with Gasteiger partial charge in [0, 0.05) is 11.4 Å². The van der Waals surface area contributed by atoms with Crippen LogP contribution >= 0.6 is 0 Å². The molecule has 0 aliphatic carbocycles.